The van der Waals surface area contributed by atoms with Crippen molar-refractivity contribution < 1.29 is 14.3 Å². The average molecular weight is 489 g/mol. The number of aromatic nitrogens is 1. The van der Waals surface area contributed by atoms with Gasteiger partial charge in [-0.3, -0.25) is 4.79 Å². The molecule has 0 saturated heterocycles. The number of halogens is 1. The molecule has 1 amide bonds. The maximum Gasteiger partial charge on any atom is 0.253 e. The normalized spacial score (nSPS) is 10.8. The number of nitrogens with one attached hydrogen (secondary N) is 1. The zero-order valence-corrected chi connectivity index (χ0v) is 21.1. The van der Waals surface area contributed by atoms with Gasteiger partial charge in [-0.2, -0.15) is 0 Å². The third-order valence-electron chi connectivity index (χ3n) is 6.14. The predicted octanol–water partition coefficient (Wildman–Crippen LogP) is 6.40. The molecule has 0 unspecified atom stereocenters. The highest BCUT2D eigenvalue weighted by Crippen LogP contribution is 2.32. The summed E-state index contributed by atoms with van der Waals surface area (Å²) in [7, 11) is 3.23. The van der Waals surface area contributed by atoms with Crippen molar-refractivity contribution in [2.75, 3.05) is 20.8 Å². The third-order valence-corrected chi connectivity index (χ3v) is 6.39. The van der Waals surface area contributed by atoms with Crippen LogP contribution in [0.5, 0.6) is 11.5 Å². The molecule has 3 aromatic carbocycles. The van der Waals surface area contributed by atoms with Crippen molar-refractivity contribution in [3.63, 3.8) is 0 Å². The van der Waals surface area contributed by atoms with Gasteiger partial charge in [0.05, 0.1) is 25.5 Å². The summed E-state index contributed by atoms with van der Waals surface area (Å²) in [4.78, 5) is 13.3. The Balaban J connectivity index is 1.61. The van der Waals surface area contributed by atoms with Gasteiger partial charge in [-0.15, -0.1) is 0 Å². The molecule has 0 radical (unpaired) electrons. The van der Waals surface area contributed by atoms with Crippen molar-refractivity contribution in [1.82, 2.24) is 9.88 Å². The molecule has 0 aliphatic heterocycles. The molecule has 0 bridgehead atoms. The molecule has 1 aromatic heterocycles. The molecular weight excluding hydrogens is 460 g/mol. The van der Waals surface area contributed by atoms with E-state index in [9.17, 15) is 4.79 Å². The molecule has 0 saturated carbocycles. The molecule has 1 heterocycles. The molecule has 4 aromatic rings. The Morgan fingerprint density at radius 3 is 2.31 bits per heavy atom. The summed E-state index contributed by atoms with van der Waals surface area (Å²) in [5, 5.41) is 3.75. The lowest BCUT2D eigenvalue weighted by molar-refractivity contribution is 0.0953. The first-order valence-electron chi connectivity index (χ1n) is 11.5. The number of rotatable bonds is 8. The summed E-state index contributed by atoms with van der Waals surface area (Å²) in [5.41, 5.74) is 6.68. The summed E-state index contributed by atoms with van der Waals surface area (Å²) in [6, 6.07) is 23.6. The first-order valence-corrected chi connectivity index (χ1v) is 11.8. The lowest BCUT2D eigenvalue weighted by Crippen LogP contribution is -2.26. The van der Waals surface area contributed by atoms with Crippen molar-refractivity contribution in [3.8, 4) is 28.4 Å². The van der Waals surface area contributed by atoms with Gasteiger partial charge < -0.3 is 19.4 Å². The van der Waals surface area contributed by atoms with E-state index < -0.39 is 0 Å². The number of nitrogens with zero attached hydrogens (tertiary/aromatic N) is 1. The molecule has 0 aliphatic carbocycles. The Morgan fingerprint density at radius 2 is 1.63 bits per heavy atom. The van der Waals surface area contributed by atoms with Gasteiger partial charge in [-0.25, -0.2) is 0 Å². The van der Waals surface area contributed by atoms with Gasteiger partial charge in [0.2, 0.25) is 0 Å². The molecule has 5 nitrogen and oxygen atoms in total. The maximum atomic E-state index is 13.3. The Bertz CT molecular complexity index is 1340. The van der Waals surface area contributed by atoms with Gasteiger partial charge in [0.25, 0.3) is 5.91 Å². The summed E-state index contributed by atoms with van der Waals surface area (Å²) in [6.07, 6.45) is 0.674. The van der Waals surface area contributed by atoms with Gasteiger partial charge in [0.1, 0.15) is 0 Å². The van der Waals surface area contributed by atoms with Gasteiger partial charge >= 0.3 is 0 Å². The Kier molecular flexibility index (Phi) is 7.47. The smallest absolute Gasteiger partial charge is 0.253 e. The van der Waals surface area contributed by atoms with Crippen molar-refractivity contribution in [1.29, 1.82) is 0 Å². The van der Waals surface area contributed by atoms with Crippen LogP contribution in [0.25, 0.3) is 16.9 Å². The van der Waals surface area contributed by atoms with Crippen LogP contribution in [0.4, 0.5) is 0 Å². The number of methoxy groups -OCH3 is 2. The lowest BCUT2D eigenvalue weighted by atomic mass is 10.1. The minimum absolute atomic E-state index is 0.106. The quantitative estimate of drug-likeness (QED) is 0.312. The highest BCUT2D eigenvalue weighted by atomic mass is 35.5. The van der Waals surface area contributed by atoms with Gasteiger partial charge in [0, 0.05) is 22.9 Å². The van der Waals surface area contributed by atoms with Gasteiger partial charge in [-0.1, -0.05) is 48.0 Å². The monoisotopic (exact) mass is 488 g/mol. The van der Waals surface area contributed by atoms with E-state index in [1.165, 1.54) is 0 Å². The van der Waals surface area contributed by atoms with Gasteiger partial charge in [-0.05, 0) is 73.4 Å². The Labute approximate surface area is 211 Å². The van der Waals surface area contributed by atoms with Crippen LogP contribution in [0.2, 0.25) is 5.02 Å². The molecule has 0 aliphatic rings. The number of hydrogen-bond acceptors (Lipinski definition) is 3. The minimum atomic E-state index is -0.106. The standard InChI is InChI=1S/C29H29ClN2O3/c1-19-7-5-6-8-25(19)32-20(2)24(18-26(32)22-10-12-23(30)13-11-22)29(33)31-16-15-21-9-14-27(34-3)28(17-21)35-4/h5-14,17-18H,15-16H2,1-4H3,(H,31,33). The summed E-state index contributed by atoms with van der Waals surface area (Å²) < 4.78 is 12.8. The molecule has 6 heteroatoms. The van der Waals surface area contributed by atoms with Crippen molar-refractivity contribution in [3.05, 3.63) is 100 Å². The average Bonchev–Trinajstić information content (AvgIpc) is 3.21. The highest BCUT2D eigenvalue weighted by molar-refractivity contribution is 6.30. The van der Waals surface area contributed by atoms with E-state index in [4.69, 9.17) is 21.1 Å². The number of ether oxygens (including phenoxy) is 2. The van der Waals surface area contributed by atoms with E-state index in [1.807, 2.05) is 67.6 Å². The Morgan fingerprint density at radius 1 is 0.914 bits per heavy atom. The van der Waals surface area contributed by atoms with E-state index in [2.05, 4.69) is 28.9 Å². The van der Waals surface area contributed by atoms with Crippen LogP contribution in [0.15, 0.2) is 72.8 Å². The number of benzene rings is 3. The van der Waals surface area contributed by atoms with Crippen LogP contribution in [0.3, 0.4) is 0 Å². The summed E-state index contributed by atoms with van der Waals surface area (Å²) >= 11 is 6.13. The van der Waals surface area contributed by atoms with Crippen LogP contribution in [-0.4, -0.2) is 31.2 Å². The number of para-hydroxylation sites is 1. The van der Waals surface area contributed by atoms with Crippen molar-refractivity contribution >= 4 is 17.5 Å². The number of aryl methyl sites for hydroxylation is 1. The fourth-order valence-corrected chi connectivity index (χ4v) is 4.37. The Hall–Kier alpha value is -3.70. The van der Waals surface area contributed by atoms with Crippen LogP contribution in [-0.2, 0) is 6.42 Å². The number of carbonyl (C=O) groups excluding carboxylic acids is 1. The second kappa shape index (κ2) is 10.7. The predicted molar refractivity (Wildman–Crippen MR) is 141 cm³/mol. The summed E-state index contributed by atoms with van der Waals surface area (Å²) in [6.45, 7) is 4.55. The van der Waals surface area contributed by atoms with Crippen molar-refractivity contribution in [2.45, 2.75) is 20.3 Å². The fourth-order valence-electron chi connectivity index (χ4n) is 4.25. The van der Waals surface area contributed by atoms with Crippen LogP contribution >= 0.6 is 11.6 Å². The van der Waals surface area contributed by atoms with Crippen LogP contribution in [0, 0.1) is 13.8 Å². The number of carbonyl (C=O) groups is 1. The van der Waals surface area contributed by atoms with Crippen LogP contribution < -0.4 is 14.8 Å². The van der Waals surface area contributed by atoms with E-state index in [-0.39, 0.29) is 5.91 Å². The first kappa shape index (κ1) is 24.4. The second-order valence-corrected chi connectivity index (χ2v) is 8.79. The topological polar surface area (TPSA) is 52.5 Å². The van der Waals surface area contributed by atoms with Crippen LogP contribution in [0.1, 0.15) is 27.2 Å². The van der Waals surface area contributed by atoms with E-state index in [0.717, 1.165) is 33.8 Å². The lowest BCUT2D eigenvalue weighted by Gasteiger charge is -2.15. The SMILES string of the molecule is COc1ccc(CCNC(=O)c2cc(-c3ccc(Cl)cc3)n(-c3ccccc3C)c2C)cc1OC. The number of amides is 1. The molecule has 0 atom stereocenters. The first-order chi connectivity index (χ1) is 16.9. The van der Waals surface area contributed by atoms with Crippen molar-refractivity contribution in [2.24, 2.45) is 0 Å². The van der Waals surface area contributed by atoms with E-state index in [1.54, 1.807) is 14.2 Å². The third kappa shape index (κ3) is 5.20. The van der Waals surface area contributed by atoms with Gasteiger partial charge in [0.15, 0.2) is 11.5 Å². The van der Waals surface area contributed by atoms with E-state index in [0.29, 0.717) is 35.1 Å². The molecular formula is C29H29ClN2O3. The summed E-state index contributed by atoms with van der Waals surface area (Å²) in [5.74, 6) is 1.25. The second-order valence-electron chi connectivity index (χ2n) is 8.35. The minimum Gasteiger partial charge on any atom is -0.493 e. The zero-order chi connectivity index (χ0) is 24.9. The highest BCUT2D eigenvalue weighted by Gasteiger charge is 2.20. The maximum absolute atomic E-state index is 13.3. The molecule has 180 valence electrons. The molecule has 4 rings (SSSR count). The largest absolute Gasteiger partial charge is 0.493 e. The molecule has 35 heavy (non-hydrogen) atoms. The number of hydrogen-bond donors (Lipinski definition) is 1. The van der Waals surface area contributed by atoms with E-state index >= 15 is 0 Å². The molecule has 0 fully saturated rings. The zero-order valence-electron chi connectivity index (χ0n) is 20.4. The molecule has 0 spiro atoms. The fraction of sp³-hybridized carbons (Fsp3) is 0.207. The molecule has 1 N–H and O–H groups in total.